The maximum Gasteiger partial charge on any atom is 0.270 e. The summed E-state index contributed by atoms with van der Waals surface area (Å²) in [7, 11) is 2.17. The van der Waals surface area contributed by atoms with E-state index in [-0.39, 0.29) is 5.91 Å². The molecule has 0 aliphatic carbocycles. The number of allylic oxidation sites excluding steroid dienone is 3. The second-order valence-electron chi connectivity index (χ2n) is 5.20. The molecule has 2 fully saturated rings. The number of amides is 1. The van der Waals surface area contributed by atoms with Crippen LogP contribution in [0.5, 0.6) is 0 Å². The number of hydrogen-bond acceptors (Lipinski definition) is 3. The third kappa shape index (κ3) is 2.95. The van der Waals surface area contributed by atoms with E-state index in [0.717, 1.165) is 12.1 Å². The van der Waals surface area contributed by atoms with Gasteiger partial charge in [0.05, 0.1) is 24.2 Å². The van der Waals surface area contributed by atoms with E-state index in [9.17, 15) is 4.79 Å². The Hall–Kier alpha value is -1.43. The molecule has 108 valence electrons. The van der Waals surface area contributed by atoms with Gasteiger partial charge >= 0.3 is 0 Å². The van der Waals surface area contributed by atoms with Crippen molar-refractivity contribution in [2.45, 2.75) is 12.8 Å². The van der Waals surface area contributed by atoms with Crippen LogP contribution in [0.25, 0.3) is 0 Å². The predicted octanol–water partition coefficient (Wildman–Crippen LogP) is 2.13. The Labute approximate surface area is 134 Å². The molecule has 1 N–H and O–H groups in total. The monoisotopic (exact) mass is 317 g/mol. The van der Waals surface area contributed by atoms with E-state index < -0.39 is 0 Å². The molecule has 1 amide bonds. The summed E-state index contributed by atoms with van der Waals surface area (Å²) in [6.07, 6.45) is 6.34. The highest BCUT2D eigenvalue weighted by Crippen LogP contribution is 2.34. The average molecular weight is 317 g/mol. The van der Waals surface area contributed by atoms with Crippen molar-refractivity contribution in [2.24, 2.45) is 0 Å². The maximum atomic E-state index is 12.5. The molecule has 0 radical (unpaired) electrons. The SMILES string of the molecule is C[NH+]1CCC/C1=C/C=C1\SC(=S)N(c2ccccc2)C1=O. The zero-order valence-electron chi connectivity index (χ0n) is 11.8. The molecule has 1 aromatic rings. The highest BCUT2D eigenvalue weighted by Gasteiger charge is 2.33. The first-order chi connectivity index (χ1) is 10.2. The molecule has 2 aliphatic heterocycles. The fourth-order valence-electron chi connectivity index (χ4n) is 2.60. The minimum absolute atomic E-state index is 0.0244. The number of rotatable bonds is 2. The van der Waals surface area contributed by atoms with Crippen LogP contribution in [0.15, 0.2) is 53.1 Å². The molecular weight excluding hydrogens is 300 g/mol. The first-order valence-electron chi connectivity index (χ1n) is 7.02. The lowest BCUT2D eigenvalue weighted by atomic mass is 10.2. The molecule has 1 aromatic carbocycles. The zero-order chi connectivity index (χ0) is 14.8. The molecule has 3 nitrogen and oxygen atoms in total. The average Bonchev–Trinajstić information content (AvgIpc) is 3.01. The van der Waals surface area contributed by atoms with Gasteiger partial charge in [0.1, 0.15) is 5.70 Å². The van der Waals surface area contributed by atoms with E-state index in [1.807, 2.05) is 36.4 Å². The Balaban J connectivity index is 1.84. The number of carbonyl (C=O) groups is 1. The normalized spacial score (nSPS) is 26.3. The second-order valence-corrected chi connectivity index (χ2v) is 6.88. The summed E-state index contributed by atoms with van der Waals surface area (Å²) in [5.41, 5.74) is 2.19. The van der Waals surface area contributed by atoms with Crippen molar-refractivity contribution in [3.05, 3.63) is 53.1 Å². The smallest absolute Gasteiger partial charge is 0.270 e. The van der Waals surface area contributed by atoms with Crippen molar-refractivity contribution in [3.8, 4) is 0 Å². The number of quaternary nitrogens is 1. The van der Waals surface area contributed by atoms with Crippen molar-refractivity contribution in [2.75, 3.05) is 18.5 Å². The standard InChI is InChI=1S/C16H16N2OS2/c1-17-11-5-8-12(17)9-10-14-15(19)18(16(20)21-14)13-6-3-2-4-7-13/h2-4,6-7,9-10H,5,8,11H2,1H3/p+1/b12-9-,14-10-. The third-order valence-corrected chi connectivity index (χ3v) is 5.11. The van der Waals surface area contributed by atoms with Crippen LogP contribution in [0.2, 0.25) is 0 Å². The van der Waals surface area contributed by atoms with E-state index in [1.54, 1.807) is 4.90 Å². The largest absolute Gasteiger partial charge is 0.308 e. The topological polar surface area (TPSA) is 24.8 Å². The summed E-state index contributed by atoms with van der Waals surface area (Å²) < 4.78 is 0.600. The molecular formula is C16H17N2OS2+. The van der Waals surface area contributed by atoms with Crippen molar-refractivity contribution in [1.82, 2.24) is 0 Å². The van der Waals surface area contributed by atoms with Gasteiger partial charge in [-0.15, -0.1) is 0 Å². The van der Waals surface area contributed by atoms with Crippen molar-refractivity contribution in [1.29, 1.82) is 0 Å². The molecule has 0 saturated carbocycles. The zero-order valence-corrected chi connectivity index (χ0v) is 13.5. The number of hydrogen-bond donors (Lipinski definition) is 1. The highest BCUT2D eigenvalue weighted by atomic mass is 32.2. The molecule has 0 bridgehead atoms. The van der Waals surface area contributed by atoms with Crippen LogP contribution in [0.4, 0.5) is 5.69 Å². The van der Waals surface area contributed by atoms with Gasteiger partial charge < -0.3 is 4.90 Å². The molecule has 2 saturated heterocycles. The molecule has 21 heavy (non-hydrogen) atoms. The van der Waals surface area contributed by atoms with Crippen LogP contribution >= 0.6 is 24.0 Å². The Morgan fingerprint density at radius 2 is 2.05 bits per heavy atom. The lowest BCUT2D eigenvalue weighted by Crippen LogP contribution is -3.04. The summed E-state index contributed by atoms with van der Waals surface area (Å²) >= 11 is 6.73. The van der Waals surface area contributed by atoms with Crippen LogP contribution in [-0.4, -0.2) is 23.8 Å². The van der Waals surface area contributed by atoms with E-state index in [1.165, 1.54) is 35.3 Å². The first kappa shape index (κ1) is 14.5. The Kier molecular flexibility index (Phi) is 4.24. The minimum atomic E-state index is -0.0244. The van der Waals surface area contributed by atoms with Crippen LogP contribution < -0.4 is 9.80 Å². The van der Waals surface area contributed by atoms with E-state index in [0.29, 0.717) is 9.23 Å². The highest BCUT2D eigenvalue weighted by molar-refractivity contribution is 8.27. The molecule has 1 atom stereocenters. The van der Waals surface area contributed by atoms with Crippen molar-refractivity contribution >= 4 is 39.9 Å². The molecule has 5 heteroatoms. The molecule has 0 spiro atoms. The van der Waals surface area contributed by atoms with Gasteiger partial charge in [-0.2, -0.15) is 0 Å². The Morgan fingerprint density at radius 1 is 1.29 bits per heavy atom. The van der Waals surface area contributed by atoms with Crippen LogP contribution in [-0.2, 0) is 4.79 Å². The lowest BCUT2D eigenvalue weighted by Gasteiger charge is -2.13. The maximum absolute atomic E-state index is 12.5. The summed E-state index contributed by atoms with van der Waals surface area (Å²) in [6.45, 7) is 1.17. The summed E-state index contributed by atoms with van der Waals surface area (Å²) in [6, 6.07) is 9.56. The fraction of sp³-hybridized carbons (Fsp3) is 0.250. The van der Waals surface area contributed by atoms with Gasteiger partial charge in [0.15, 0.2) is 4.32 Å². The fourth-order valence-corrected chi connectivity index (χ4v) is 3.84. The predicted molar refractivity (Wildman–Crippen MR) is 91.3 cm³/mol. The lowest BCUT2D eigenvalue weighted by molar-refractivity contribution is -0.828. The second kappa shape index (κ2) is 6.13. The van der Waals surface area contributed by atoms with Crippen molar-refractivity contribution in [3.63, 3.8) is 0 Å². The Bertz CT molecular complexity index is 637. The number of carbonyl (C=O) groups excluding carboxylic acids is 1. The summed E-state index contributed by atoms with van der Waals surface area (Å²) in [5.74, 6) is -0.0244. The van der Waals surface area contributed by atoms with Gasteiger partial charge in [-0.1, -0.05) is 42.2 Å². The summed E-state index contributed by atoms with van der Waals surface area (Å²) in [5, 5.41) is 0. The van der Waals surface area contributed by atoms with Gasteiger partial charge in [0.2, 0.25) is 0 Å². The van der Waals surface area contributed by atoms with Gasteiger partial charge in [-0.3, -0.25) is 9.69 Å². The van der Waals surface area contributed by atoms with Crippen molar-refractivity contribution < 1.29 is 9.69 Å². The van der Waals surface area contributed by atoms with Gasteiger partial charge in [-0.25, -0.2) is 0 Å². The Morgan fingerprint density at radius 3 is 2.71 bits per heavy atom. The van der Waals surface area contributed by atoms with E-state index in [2.05, 4.69) is 13.1 Å². The minimum Gasteiger partial charge on any atom is -0.308 e. The third-order valence-electron chi connectivity index (χ3n) is 3.79. The number of benzene rings is 1. The van der Waals surface area contributed by atoms with Gasteiger partial charge in [-0.05, 0) is 24.3 Å². The molecule has 2 heterocycles. The van der Waals surface area contributed by atoms with Gasteiger partial charge in [0, 0.05) is 12.8 Å². The first-order valence-corrected chi connectivity index (χ1v) is 8.24. The number of thioether (sulfide) groups is 1. The van der Waals surface area contributed by atoms with Crippen LogP contribution in [0.3, 0.4) is 0 Å². The quantitative estimate of drug-likeness (QED) is 0.668. The molecule has 1 unspecified atom stereocenters. The van der Waals surface area contributed by atoms with E-state index in [4.69, 9.17) is 12.2 Å². The van der Waals surface area contributed by atoms with E-state index >= 15 is 0 Å². The number of nitrogens with zero attached hydrogens (tertiary/aromatic N) is 1. The molecule has 3 rings (SSSR count). The van der Waals surface area contributed by atoms with Gasteiger partial charge in [0.25, 0.3) is 5.91 Å². The number of likely N-dealkylation sites (tertiary alicyclic amines) is 1. The van der Waals surface area contributed by atoms with Crippen LogP contribution in [0, 0.1) is 0 Å². The molecule has 2 aliphatic rings. The number of nitrogens with one attached hydrogen (secondary N) is 1. The number of anilines is 1. The number of thiocarbonyl (C=S) groups is 1. The molecule has 0 aromatic heterocycles. The summed E-state index contributed by atoms with van der Waals surface area (Å²) in [4.78, 5) is 16.3. The van der Waals surface area contributed by atoms with Crippen LogP contribution in [0.1, 0.15) is 12.8 Å². The number of para-hydroxylation sites is 1.